The number of aliphatic hydroxyl groups is 1. The molecule has 0 radical (unpaired) electrons. The fourth-order valence-electron chi connectivity index (χ4n) is 0.977. The van der Waals surface area contributed by atoms with E-state index < -0.39 is 0 Å². The molecule has 1 aliphatic rings. The standard InChI is InChI=1S/C7H10O3/c1-2-5-6(8)3-10-4-7(5)9/h8H,2-4H2,1H3. The molecule has 0 fully saturated rings. The molecule has 56 valence electrons. The highest BCUT2D eigenvalue weighted by molar-refractivity contribution is 5.97. The molecule has 3 nitrogen and oxygen atoms in total. The summed E-state index contributed by atoms with van der Waals surface area (Å²) in [5.41, 5.74) is 0.520. The zero-order chi connectivity index (χ0) is 7.56. The molecular weight excluding hydrogens is 132 g/mol. The molecule has 0 aromatic carbocycles. The van der Waals surface area contributed by atoms with Crippen molar-refractivity contribution in [3.8, 4) is 0 Å². The van der Waals surface area contributed by atoms with Crippen LogP contribution in [0.4, 0.5) is 0 Å². The van der Waals surface area contributed by atoms with Gasteiger partial charge in [-0.15, -0.1) is 0 Å². The van der Waals surface area contributed by atoms with Crippen LogP contribution in [0.1, 0.15) is 13.3 Å². The van der Waals surface area contributed by atoms with Gasteiger partial charge in [-0.25, -0.2) is 0 Å². The van der Waals surface area contributed by atoms with Crippen LogP contribution in [0.25, 0.3) is 0 Å². The molecule has 0 aliphatic carbocycles. The van der Waals surface area contributed by atoms with E-state index in [2.05, 4.69) is 0 Å². The first-order valence-corrected chi connectivity index (χ1v) is 3.27. The molecule has 0 aromatic rings. The second-order valence-corrected chi connectivity index (χ2v) is 2.19. The van der Waals surface area contributed by atoms with Crippen LogP contribution < -0.4 is 0 Å². The van der Waals surface area contributed by atoms with Crippen molar-refractivity contribution in [2.75, 3.05) is 13.2 Å². The quantitative estimate of drug-likeness (QED) is 0.589. The zero-order valence-electron chi connectivity index (χ0n) is 5.89. The van der Waals surface area contributed by atoms with E-state index in [4.69, 9.17) is 9.84 Å². The number of hydrogen-bond donors (Lipinski definition) is 1. The molecule has 0 bridgehead atoms. The van der Waals surface area contributed by atoms with Crippen LogP contribution >= 0.6 is 0 Å². The van der Waals surface area contributed by atoms with Gasteiger partial charge in [0.15, 0.2) is 5.78 Å². The summed E-state index contributed by atoms with van der Waals surface area (Å²) >= 11 is 0. The molecule has 1 aliphatic heterocycles. The molecule has 0 atom stereocenters. The Morgan fingerprint density at radius 1 is 1.60 bits per heavy atom. The van der Waals surface area contributed by atoms with Crippen LogP contribution in [0.15, 0.2) is 11.3 Å². The molecular formula is C7H10O3. The maximum absolute atomic E-state index is 10.9. The molecule has 1 heterocycles. The zero-order valence-corrected chi connectivity index (χ0v) is 5.89. The van der Waals surface area contributed by atoms with Crippen LogP contribution in [-0.4, -0.2) is 24.1 Å². The maximum Gasteiger partial charge on any atom is 0.187 e. The maximum atomic E-state index is 10.9. The predicted molar refractivity (Wildman–Crippen MR) is 35.8 cm³/mol. The Morgan fingerprint density at radius 3 is 2.70 bits per heavy atom. The molecule has 0 unspecified atom stereocenters. The lowest BCUT2D eigenvalue weighted by atomic mass is 10.1. The van der Waals surface area contributed by atoms with Gasteiger partial charge in [0.2, 0.25) is 0 Å². The van der Waals surface area contributed by atoms with Crippen molar-refractivity contribution < 1.29 is 14.6 Å². The van der Waals surface area contributed by atoms with Crippen molar-refractivity contribution in [3.63, 3.8) is 0 Å². The Hall–Kier alpha value is -0.830. The number of ketones is 1. The van der Waals surface area contributed by atoms with Gasteiger partial charge in [-0.05, 0) is 6.42 Å². The Labute approximate surface area is 59.3 Å². The van der Waals surface area contributed by atoms with Crippen molar-refractivity contribution in [3.05, 3.63) is 11.3 Å². The SMILES string of the molecule is CCC1=C(O)COCC1=O. The number of Topliss-reactive ketones (excluding diaryl/α,β-unsaturated/α-hetero) is 1. The first-order valence-electron chi connectivity index (χ1n) is 3.27. The average Bonchev–Trinajstić information content (AvgIpc) is 1.88. The van der Waals surface area contributed by atoms with Gasteiger partial charge in [0.25, 0.3) is 0 Å². The summed E-state index contributed by atoms with van der Waals surface area (Å²) in [5, 5.41) is 9.07. The lowest BCUT2D eigenvalue weighted by molar-refractivity contribution is -0.121. The van der Waals surface area contributed by atoms with Crippen LogP contribution in [0.3, 0.4) is 0 Å². The molecule has 0 saturated carbocycles. The minimum absolute atomic E-state index is 0.0914. The molecule has 1 rings (SSSR count). The second-order valence-electron chi connectivity index (χ2n) is 2.19. The molecule has 0 spiro atoms. The van der Waals surface area contributed by atoms with Gasteiger partial charge in [-0.2, -0.15) is 0 Å². The van der Waals surface area contributed by atoms with E-state index in [0.717, 1.165) is 0 Å². The minimum atomic E-state index is -0.0914. The number of carbonyl (C=O) groups excluding carboxylic acids is 1. The van der Waals surface area contributed by atoms with Crippen molar-refractivity contribution in [1.29, 1.82) is 0 Å². The molecule has 0 amide bonds. The normalized spacial score (nSPS) is 19.9. The van der Waals surface area contributed by atoms with Crippen LogP contribution in [0, 0.1) is 0 Å². The van der Waals surface area contributed by atoms with Gasteiger partial charge < -0.3 is 9.84 Å². The van der Waals surface area contributed by atoms with E-state index in [1.807, 2.05) is 6.92 Å². The average molecular weight is 142 g/mol. The first kappa shape index (κ1) is 7.28. The Balaban J connectivity index is 2.84. The summed E-state index contributed by atoms with van der Waals surface area (Å²) in [6.45, 7) is 2.15. The number of rotatable bonds is 1. The number of aliphatic hydroxyl groups excluding tert-OH is 1. The summed E-state index contributed by atoms with van der Waals surface area (Å²) in [7, 11) is 0. The summed E-state index contributed by atoms with van der Waals surface area (Å²) in [6, 6.07) is 0. The monoisotopic (exact) mass is 142 g/mol. The molecule has 1 N–H and O–H groups in total. The van der Waals surface area contributed by atoms with E-state index >= 15 is 0 Å². The Bertz CT molecular complexity index is 181. The summed E-state index contributed by atoms with van der Waals surface area (Å²) in [6.07, 6.45) is 0.591. The highest BCUT2D eigenvalue weighted by Crippen LogP contribution is 2.12. The van der Waals surface area contributed by atoms with E-state index in [0.29, 0.717) is 12.0 Å². The molecule has 3 heteroatoms. The van der Waals surface area contributed by atoms with Gasteiger partial charge in [-0.1, -0.05) is 6.92 Å². The van der Waals surface area contributed by atoms with Crippen LogP contribution in [0.5, 0.6) is 0 Å². The highest BCUT2D eigenvalue weighted by atomic mass is 16.5. The van der Waals surface area contributed by atoms with E-state index in [1.54, 1.807) is 0 Å². The van der Waals surface area contributed by atoms with Gasteiger partial charge in [0, 0.05) is 5.57 Å². The molecule has 0 saturated heterocycles. The lowest BCUT2D eigenvalue weighted by Crippen LogP contribution is -2.21. The topological polar surface area (TPSA) is 46.5 Å². The third kappa shape index (κ3) is 1.19. The van der Waals surface area contributed by atoms with Crippen molar-refractivity contribution in [2.24, 2.45) is 0 Å². The molecule has 0 aromatic heterocycles. The van der Waals surface area contributed by atoms with E-state index in [9.17, 15) is 4.79 Å². The van der Waals surface area contributed by atoms with Crippen molar-refractivity contribution >= 4 is 5.78 Å². The van der Waals surface area contributed by atoms with Crippen molar-refractivity contribution in [1.82, 2.24) is 0 Å². The fraction of sp³-hybridized carbons (Fsp3) is 0.571. The van der Waals surface area contributed by atoms with Crippen molar-refractivity contribution in [2.45, 2.75) is 13.3 Å². The van der Waals surface area contributed by atoms with Gasteiger partial charge in [-0.3, -0.25) is 4.79 Å². The van der Waals surface area contributed by atoms with Gasteiger partial charge >= 0.3 is 0 Å². The lowest BCUT2D eigenvalue weighted by Gasteiger charge is -2.13. The summed E-state index contributed by atoms with van der Waals surface area (Å²) in [5.74, 6) is 0.00463. The summed E-state index contributed by atoms with van der Waals surface area (Å²) < 4.78 is 4.77. The second kappa shape index (κ2) is 2.84. The van der Waals surface area contributed by atoms with Crippen LogP contribution in [0.2, 0.25) is 0 Å². The van der Waals surface area contributed by atoms with Gasteiger partial charge in [0.05, 0.1) is 0 Å². The summed E-state index contributed by atoms with van der Waals surface area (Å²) in [4.78, 5) is 10.9. The molecule has 10 heavy (non-hydrogen) atoms. The van der Waals surface area contributed by atoms with Crippen LogP contribution in [-0.2, 0) is 9.53 Å². The van der Waals surface area contributed by atoms with E-state index in [-0.39, 0.29) is 24.8 Å². The smallest absolute Gasteiger partial charge is 0.187 e. The minimum Gasteiger partial charge on any atom is -0.509 e. The van der Waals surface area contributed by atoms with E-state index in [1.165, 1.54) is 0 Å². The van der Waals surface area contributed by atoms with Gasteiger partial charge in [0.1, 0.15) is 19.0 Å². The third-order valence-electron chi connectivity index (χ3n) is 1.51. The predicted octanol–water partition coefficient (Wildman–Crippen LogP) is 0.808. The fourth-order valence-corrected chi connectivity index (χ4v) is 0.977. The third-order valence-corrected chi connectivity index (χ3v) is 1.51. The first-order chi connectivity index (χ1) is 4.75. The Morgan fingerprint density at radius 2 is 2.30 bits per heavy atom. The number of hydrogen-bond acceptors (Lipinski definition) is 3. The largest absolute Gasteiger partial charge is 0.509 e. The number of ether oxygens (including phenoxy) is 1. The Kier molecular flexibility index (Phi) is 2.06. The number of carbonyl (C=O) groups is 1. The highest BCUT2D eigenvalue weighted by Gasteiger charge is 2.18.